The highest BCUT2D eigenvalue weighted by molar-refractivity contribution is 6.28. The van der Waals surface area contributed by atoms with E-state index in [9.17, 15) is 4.79 Å². The maximum absolute atomic E-state index is 11.9. The third-order valence-electron chi connectivity index (χ3n) is 4.02. The van der Waals surface area contributed by atoms with Crippen molar-refractivity contribution in [2.45, 2.75) is 12.7 Å². The first-order chi connectivity index (χ1) is 12.6. The Morgan fingerprint density at radius 3 is 2.62 bits per heavy atom. The minimum atomic E-state index is -0.513. The Balaban J connectivity index is 1.57. The lowest BCUT2D eigenvalue weighted by molar-refractivity contribution is -0.0243. The predicted molar refractivity (Wildman–Crippen MR) is 99.0 cm³/mol. The van der Waals surface area contributed by atoms with E-state index >= 15 is 0 Å². The maximum Gasteiger partial charge on any atom is 0.416 e. The van der Waals surface area contributed by atoms with E-state index in [1.807, 2.05) is 54.6 Å². The van der Waals surface area contributed by atoms with Crippen molar-refractivity contribution in [1.82, 2.24) is 4.90 Å². The molecule has 0 saturated carbocycles. The number of rotatable bonds is 5. The molecule has 1 atom stereocenters. The zero-order valence-electron chi connectivity index (χ0n) is 14.3. The van der Waals surface area contributed by atoms with Crippen LogP contribution in [-0.4, -0.2) is 30.7 Å². The van der Waals surface area contributed by atoms with Crippen molar-refractivity contribution in [2.75, 3.05) is 19.7 Å². The van der Waals surface area contributed by atoms with Crippen molar-refractivity contribution < 1.29 is 19.0 Å². The molecule has 1 aliphatic rings. The summed E-state index contributed by atoms with van der Waals surface area (Å²) in [6, 6.07) is 17.7. The van der Waals surface area contributed by atoms with Gasteiger partial charge in [0, 0.05) is 6.54 Å². The monoisotopic (exact) mass is 373 g/mol. The Morgan fingerprint density at radius 2 is 1.92 bits per heavy atom. The first kappa shape index (κ1) is 18.3. The minimum Gasteiger partial charge on any atom is -0.489 e. The van der Waals surface area contributed by atoms with Gasteiger partial charge in [0.25, 0.3) is 0 Å². The number of carbonyl (C=O) groups excluding carboxylic acids is 1. The lowest BCUT2D eigenvalue weighted by Gasteiger charge is -2.32. The highest BCUT2D eigenvalue weighted by atomic mass is 35.5. The summed E-state index contributed by atoms with van der Waals surface area (Å²) in [6.07, 6.45) is -0.732. The van der Waals surface area contributed by atoms with Crippen LogP contribution in [-0.2, 0) is 16.1 Å². The van der Waals surface area contributed by atoms with Crippen LogP contribution in [0.2, 0.25) is 0 Å². The van der Waals surface area contributed by atoms with Crippen molar-refractivity contribution in [3.05, 3.63) is 77.5 Å². The van der Waals surface area contributed by atoms with Gasteiger partial charge in [0.1, 0.15) is 18.5 Å². The van der Waals surface area contributed by atoms with Crippen LogP contribution in [0, 0.1) is 0 Å². The van der Waals surface area contributed by atoms with Crippen molar-refractivity contribution in [2.24, 2.45) is 0 Å². The molecule has 0 bridgehead atoms. The van der Waals surface area contributed by atoms with E-state index in [0.29, 0.717) is 26.3 Å². The Morgan fingerprint density at radius 1 is 1.19 bits per heavy atom. The molecule has 0 aromatic heterocycles. The fourth-order valence-electron chi connectivity index (χ4n) is 2.70. The number of hydrogen-bond acceptors (Lipinski definition) is 4. The van der Waals surface area contributed by atoms with E-state index in [4.69, 9.17) is 25.8 Å². The van der Waals surface area contributed by atoms with Crippen molar-refractivity contribution >= 4 is 17.7 Å². The maximum atomic E-state index is 11.9. The first-order valence-corrected chi connectivity index (χ1v) is 8.69. The van der Waals surface area contributed by atoms with Crippen LogP contribution in [0.4, 0.5) is 4.79 Å². The number of nitrogens with zero attached hydrogens (tertiary/aromatic N) is 1. The summed E-state index contributed by atoms with van der Waals surface area (Å²) in [5.74, 6) is 0.781. The fourth-order valence-corrected chi connectivity index (χ4v) is 2.76. The second-order valence-corrected chi connectivity index (χ2v) is 6.29. The van der Waals surface area contributed by atoms with Gasteiger partial charge >= 0.3 is 6.09 Å². The SMILES string of the molecule is C=C(Cl)OC(=O)N1CCO[C@H](c2ccc(OCc3ccccc3)cc2)C1. The second kappa shape index (κ2) is 8.74. The van der Waals surface area contributed by atoms with Gasteiger partial charge in [-0.2, -0.15) is 0 Å². The van der Waals surface area contributed by atoms with Gasteiger partial charge in [-0.05, 0) is 41.4 Å². The Bertz CT molecular complexity index is 748. The molecule has 6 heteroatoms. The molecule has 1 fully saturated rings. The summed E-state index contributed by atoms with van der Waals surface area (Å²) in [7, 11) is 0. The molecule has 1 amide bonds. The molecule has 0 unspecified atom stereocenters. The van der Waals surface area contributed by atoms with E-state index in [1.165, 1.54) is 0 Å². The van der Waals surface area contributed by atoms with E-state index < -0.39 is 6.09 Å². The van der Waals surface area contributed by atoms with Crippen LogP contribution in [0.25, 0.3) is 0 Å². The van der Waals surface area contributed by atoms with Crippen LogP contribution in [0.5, 0.6) is 5.75 Å². The van der Waals surface area contributed by atoms with Gasteiger partial charge in [0.05, 0.1) is 13.2 Å². The van der Waals surface area contributed by atoms with Gasteiger partial charge in [0.15, 0.2) is 5.22 Å². The summed E-state index contributed by atoms with van der Waals surface area (Å²) in [4.78, 5) is 13.5. The molecule has 1 saturated heterocycles. The van der Waals surface area contributed by atoms with E-state index in [1.54, 1.807) is 4.90 Å². The first-order valence-electron chi connectivity index (χ1n) is 8.31. The topological polar surface area (TPSA) is 48.0 Å². The third-order valence-corrected chi connectivity index (χ3v) is 4.10. The summed E-state index contributed by atoms with van der Waals surface area (Å²) < 4.78 is 16.4. The molecule has 2 aromatic rings. The number of morpholine rings is 1. The molecule has 0 aliphatic carbocycles. The molecule has 0 spiro atoms. The third kappa shape index (κ3) is 5.00. The molecule has 5 nitrogen and oxygen atoms in total. The van der Waals surface area contributed by atoms with Crippen LogP contribution in [0.3, 0.4) is 0 Å². The molecule has 0 N–H and O–H groups in total. The lowest BCUT2D eigenvalue weighted by atomic mass is 10.1. The van der Waals surface area contributed by atoms with Crippen molar-refractivity contribution in [3.8, 4) is 5.75 Å². The van der Waals surface area contributed by atoms with Crippen molar-refractivity contribution in [3.63, 3.8) is 0 Å². The van der Waals surface area contributed by atoms with Crippen LogP contribution < -0.4 is 4.74 Å². The van der Waals surface area contributed by atoms with Gasteiger partial charge < -0.3 is 19.1 Å². The standard InChI is InChI=1S/C20H20ClNO4/c1-15(21)26-20(23)22-11-12-24-19(13-22)17-7-9-18(10-8-17)25-14-16-5-3-2-4-6-16/h2-10,19H,1,11-14H2/t19-/m0/s1. The fraction of sp³-hybridized carbons (Fsp3) is 0.250. The zero-order valence-corrected chi connectivity index (χ0v) is 15.0. The number of carbonyl (C=O) groups is 1. The van der Waals surface area contributed by atoms with Crippen LogP contribution in [0.1, 0.15) is 17.2 Å². The molecular weight excluding hydrogens is 354 g/mol. The number of hydrogen-bond donors (Lipinski definition) is 0. The Hall–Kier alpha value is -2.50. The van der Waals surface area contributed by atoms with Crippen molar-refractivity contribution in [1.29, 1.82) is 0 Å². The minimum absolute atomic E-state index is 0.141. The van der Waals surface area contributed by atoms with Gasteiger partial charge in [0.2, 0.25) is 0 Å². The summed E-state index contributed by atoms with van der Waals surface area (Å²) in [5, 5.41) is -0.141. The quantitative estimate of drug-likeness (QED) is 0.725. The molecule has 1 heterocycles. The average Bonchev–Trinajstić information content (AvgIpc) is 2.67. The van der Waals surface area contributed by atoms with Gasteiger partial charge in [-0.1, -0.05) is 42.5 Å². The average molecular weight is 374 g/mol. The molecule has 0 radical (unpaired) electrons. The number of amides is 1. The molecule has 136 valence electrons. The number of ether oxygens (including phenoxy) is 3. The van der Waals surface area contributed by atoms with E-state index in [-0.39, 0.29) is 11.3 Å². The van der Waals surface area contributed by atoms with Crippen LogP contribution in [0.15, 0.2) is 66.4 Å². The highest BCUT2D eigenvalue weighted by Crippen LogP contribution is 2.25. The van der Waals surface area contributed by atoms with Gasteiger partial charge in [-0.25, -0.2) is 4.79 Å². The molecule has 2 aromatic carbocycles. The Kier molecular flexibility index (Phi) is 6.15. The molecule has 1 aliphatic heterocycles. The summed E-state index contributed by atoms with van der Waals surface area (Å²) in [5.41, 5.74) is 2.08. The smallest absolute Gasteiger partial charge is 0.416 e. The Labute approximate surface area is 157 Å². The number of halogens is 1. The van der Waals surface area contributed by atoms with Crippen LogP contribution >= 0.6 is 11.6 Å². The molecular formula is C20H20ClNO4. The zero-order chi connectivity index (χ0) is 18.4. The van der Waals surface area contributed by atoms with Gasteiger partial charge in [-0.15, -0.1) is 0 Å². The predicted octanol–water partition coefficient (Wildman–Crippen LogP) is 4.49. The van der Waals surface area contributed by atoms with Gasteiger partial charge in [-0.3, -0.25) is 0 Å². The molecule has 3 rings (SSSR count). The van der Waals surface area contributed by atoms with E-state index in [2.05, 4.69) is 6.58 Å². The second-order valence-electron chi connectivity index (χ2n) is 5.87. The highest BCUT2D eigenvalue weighted by Gasteiger charge is 2.26. The largest absolute Gasteiger partial charge is 0.489 e. The lowest BCUT2D eigenvalue weighted by Crippen LogP contribution is -2.42. The summed E-state index contributed by atoms with van der Waals surface area (Å²) >= 11 is 5.53. The van der Waals surface area contributed by atoms with E-state index in [0.717, 1.165) is 16.9 Å². The number of benzene rings is 2. The molecule has 26 heavy (non-hydrogen) atoms. The normalized spacial score (nSPS) is 16.8. The summed E-state index contributed by atoms with van der Waals surface area (Å²) in [6.45, 7) is 5.17.